The Morgan fingerprint density at radius 3 is 2.42 bits per heavy atom. The van der Waals surface area contributed by atoms with Crippen LogP contribution in [0.3, 0.4) is 0 Å². The molecule has 1 aromatic heterocycles. The Labute approximate surface area is 79.9 Å². The van der Waals surface area contributed by atoms with Crippen LogP contribution in [0.5, 0.6) is 0 Å². The van der Waals surface area contributed by atoms with Crippen molar-refractivity contribution in [1.29, 1.82) is 0 Å². The van der Waals surface area contributed by atoms with Gasteiger partial charge >= 0.3 is 0 Å². The second-order valence-corrected chi connectivity index (χ2v) is 3.90. The van der Waals surface area contributed by atoms with E-state index < -0.39 is 5.60 Å². The smallest absolute Gasteiger partial charge is 0.226 e. The highest BCUT2D eigenvalue weighted by Gasteiger charge is 2.24. The number of aryl methyl sites for hydroxylation is 1. The van der Waals surface area contributed by atoms with Crippen LogP contribution >= 0.6 is 15.9 Å². The zero-order valence-corrected chi connectivity index (χ0v) is 8.97. The zero-order chi connectivity index (χ0) is 9.35. The molecule has 0 saturated heterocycles. The SMILES string of the molecule is CCc1oc(C(C)(C)O)nc1Br. The van der Waals surface area contributed by atoms with Crippen molar-refractivity contribution >= 4 is 15.9 Å². The predicted octanol–water partition coefficient (Wildman–Crippen LogP) is 2.23. The third kappa shape index (κ3) is 1.87. The topological polar surface area (TPSA) is 46.3 Å². The molecule has 12 heavy (non-hydrogen) atoms. The fourth-order valence-electron chi connectivity index (χ4n) is 0.813. The molecule has 1 rings (SSSR count). The lowest BCUT2D eigenvalue weighted by Gasteiger charge is -2.10. The molecule has 0 radical (unpaired) electrons. The third-order valence-corrected chi connectivity index (χ3v) is 2.11. The van der Waals surface area contributed by atoms with E-state index in [0.29, 0.717) is 10.5 Å². The Morgan fingerprint density at radius 1 is 1.58 bits per heavy atom. The van der Waals surface area contributed by atoms with E-state index in [1.54, 1.807) is 13.8 Å². The average Bonchev–Trinajstić information content (AvgIpc) is 2.29. The summed E-state index contributed by atoms with van der Waals surface area (Å²) in [5, 5.41) is 9.55. The summed E-state index contributed by atoms with van der Waals surface area (Å²) in [6.45, 7) is 5.26. The summed E-state index contributed by atoms with van der Waals surface area (Å²) in [6.07, 6.45) is 0.768. The minimum atomic E-state index is -1.00. The third-order valence-electron chi connectivity index (χ3n) is 1.49. The Morgan fingerprint density at radius 2 is 2.17 bits per heavy atom. The lowest BCUT2D eigenvalue weighted by molar-refractivity contribution is 0.0472. The summed E-state index contributed by atoms with van der Waals surface area (Å²) < 4.78 is 6.00. The molecule has 3 nitrogen and oxygen atoms in total. The first-order valence-electron chi connectivity index (χ1n) is 3.83. The van der Waals surface area contributed by atoms with Crippen molar-refractivity contribution in [1.82, 2.24) is 4.98 Å². The van der Waals surface area contributed by atoms with Crippen molar-refractivity contribution in [3.05, 3.63) is 16.3 Å². The fourth-order valence-corrected chi connectivity index (χ4v) is 1.34. The summed E-state index contributed by atoms with van der Waals surface area (Å²) in [5.41, 5.74) is -1.00. The van der Waals surface area contributed by atoms with Gasteiger partial charge in [-0.15, -0.1) is 0 Å². The molecule has 0 unspecified atom stereocenters. The van der Waals surface area contributed by atoms with Gasteiger partial charge in [-0.25, -0.2) is 4.98 Å². The van der Waals surface area contributed by atoms with Crippen LogP contribution in [0.15, 0.2) is 9.02 Å². The lowest BCUT2D eigenvalue weighted by atomic mass is 10.1. The number of aromatic nitrogens is 1. The minimum absolute atomic E-state index is 0.353. The first kappa shape index (κ1) is 9.74. The highest BCUT2D eigenvalue weighted by Crippen LogP contribution is 2.25. The number of halogens is 1. The molecule has 0 spiro atoms. The summed E-state index contributed by atoms with van der Waals surface area (Å²) in [4.78, 5) is 4.05. The van der Waals surface area contributed by atoms with Crippen molar-refractivity contribution in [2.45, 2.75) is 32.8 Å². The first-order chi connectivity index (χ1) is 5.45. The summed E-state index contributed by atoms with van der Waals surface area (Å²) in [5.74, 6) is 1.12. The maximum Gasteiger partial charge on any atom is 0.226 e. The second kappa shape index (κ2) is 3.18. The predicted molar refractivity (Wildman–Crippen MR) is 48.8 cm³/mol. The van der Waals surface area contributed by atoms with Crippen LogP contribution in [-0.2, 0) is 12.0 Å². The number of rotatable bonds is 2. The van der Waals surface area contributed by atoms with Gasteiger partial charge in [0.15, 0.2) is 0 Å². The Bertz CT molecular complexity index is 275. The van der Waals surface area contributed by atoms with Gasteiger partial charge < -0.3 is 9.52 Å². The minimum Gasteiger partial charge on any atom is -0.441 e. The Balaban J connectivity index is 3.05. The van der Waals surface area contributed by atoms with Crippen molar-refractivity contribution in [3.8, 4) is 0 Å². The van der Waals surface area contributed by atoms with E-state index in [2.05, 4.69) is 20.9 Å². The molecule has 0 aliphatic rings. The quantitative estimate of drug-likeness (QED) is 0.853. The van der Waals surface area contributed by atoms with E-state index in [0.717, 1.165) is 12.2 Å². The molecule has 0 aliphatic carbocycles. The van der Waals surface area contributed by atoms with E-state index in [-0.39, 0.29) is 0 Å². The highest BCUT2D eigenvalue weighted by atomic mass is 79.9. The number of aliphatic hydroxyl groups is 1. The van der Waals surface area contributed by atoms with Crippen LogP contribution in [0.1, 0.15) is 32.4 Å². The summed E-state index contributed by atoms with van der Waals surface area (Å²) in [7, 11) is 0. The van der Waals surface area contributed by atoms with Gasteiger partial charge in [-0.2, -0.15) is 0 Å². The monoisotopic (exact) mass is 233 g/mol. The molecule has 0 fully saturated rings. The molecule has 0 amide bonds. The molecule has 0 aromatic carbocycles. The van der Waals surface area contributed by atoms with Crippen LogP contribution in [0.25, 0.3) is 0 Å². The Kier molecular flexibility index (Phi) is 2.58. The molecule has 1 N–H and O–H groups in total. The Hall–Kier alpha value is -0.350. The van der Waals surface area contributed by atoms with Gasteiger partial charge in [0.2, 0.25) is 5.89 Å². The molecular formula is C8H12BrNO2. The van der Waals surface area contributed by atoms with Gasteiger partial charge in [-0.3, -0.25) is 0 Å². The molecule has 0 atom stereocenters. The maximum absolute atomic E-state index is 9.55. The first-order valence-corrected chi connectivity index (χ1v) is 4.62. The van der Waals surface area contributed by atoms with Crippen molar-refractivity contribution in [2.24, 2.45) is 0 Å². The number of hydrogen-bond acceptors (Lipinski definition) is 3. The van der Waals surface area contributed by atoms with Crippen LogP contribution in [0.2, 0.25) is 0 Å². The van der Waals surface area contributed by atoms with Gasteiger partial charge in [0.1, 0.15) is 16.0 Å². The van der Waals surface area contributed by atoms with Gasteiger partial charge in [-0.05, 0) is 29.8 Å². The van der Waals surface area contributed by atoms with Crippen LogP contribution in [0.4, 0.5) is 0 Å². The van der Waals surface area contributed by atoms with E-state index >= 15 is 0 Å². The molecule has 1 aromatic rings. The summed E-state index contributed by atoms with van der Waals surface area (Å²) in [6, 6.07) is 0. The fraction of sp³-hybridized carbons (Fsp3) is 0.625. The van der Waals surface area contributed by atoms with E-state index in [1.807, 2.05) is 6.92 Å². The van der Waals surface area contributed by atoms with Crippen molar-refractivity contribution in [2.75, 3.05) is 0 Å². The number of nitrogens with zero attached hydrogens (tertiary/aromatic N) is 1. The number of hydrogen-bond donors (Lipinski definition) is 1. The van der Waals surface area contributed by atoms with E-state index in [9.17, 15) is 5.11 Å². The second-order valence-electron chi connectivity index (χ2n) is 3.15. The molecule has 0 saturated carbocycles. The molecule has 1 heterocycles. The van der Waals surface area contributed by atoms with E-state index in [4.69, 9.17) is 4.42 Å². The van der Waals surface area contributed by atoms with Crippen LogP contribution < -0.4 is 0 Å². The van der Waals surface area contributed by atoms with Crippen LogP contribution in [-0.4, -0.2) is 10.1 Å². The standard InChI is InChI=1S/C8H12BrNO2/c1-4-5-6(9)10-7(12-5)8(2,3)11/h11H,4H2,1-3H3. The molecule has 4 heteroatoms. The van der Waals surface area contributed by atoms with Gasteiger partial charge in [0.05, 0.1) is 0 Å². The van der Waals surface area contributed by atoms with Crippen molar-refractivity contribution < 1.29 is 9.52 Å². The van der Waals surface area contributed by atoms with E-state index in [1.165, 1.54) is 0 Å². The van der Waals surface area contributed by atoms with Gasteiger partial charge in [0, 0.05) is 6.42 Å². The van der Waals surface area contributed by atoms with Crippen LogP contribution in [0, 0.1) is 0 Å². The molecule has 68 valence electrons. The average molecular weight is 234 g/mol. The van der Waals surface area contributed by atoms with Crippen molar-refractivity contribution in [3.63, 3.8) is 0 Å². The summed E-state index contributed by atoms with van der Waals surface area (Å²) >= 11 is 3.25. The van der Waals surface area contributed by atoms with Gasteiger partial charge in [-0.1, -0.05) is 6.92 Å². The normalized spacial score (nSPS) is 12.1. The maximum atomic E-state index is 9.55. The molecular weight excluding hydrogens is 222 g/mol. The lowest BCUT2D eigenvalue weighted by Crippen LogP contribution is -2.15. The van der Waals surface area contributed by atoms with Gasteiger partial charge in [0.25, 0.3) is 0 Å². The highest BCUT2D eigenvalue weighted by molar-refractivity contribution is 9.10. The molecule has 0 bridgehead atoms. The zero-order valence-electron chi connectivity index (χ0n) is 7.39. The molecule has 0 aliphatic heterocycles. The largest absolute Gasteiger partial charge is 0.441 e. The number of oxazole rings is 1.